The zero-order valence-electron chi connectivity index (χ0n) is 17.3. The maximum absolute atomic E-state index is 13.0. The van der Waals surface area contributed by atoms with Crippen LogP contribution >= 0.6 is 0 Å². The van der Waals surface area contributed by atoms with E-state index in [1.54, 1.807) is 12.1 Å². The second-order valence-corrected chi connectivity index (χ2v) is 8.25. The number of benzene rings is 2. The molecule has 3 heterocycles. The van der Waals surface area contributed by atoms with Gasteiger partial charge in [-0.3, -0.25) is 34.3 Å². The van der Waals surface area contributed by atoms with Gasteiger partial charge in [0.05, 0.1) is 11.1 Å². The number of piperidine rings is 1. The number of rotatable bonds is 3. The highest BCUT2D eigenvalue weighted by molar-refractivity contribution is 6.23. The SMILES string of the molecule is Nc1ccc2c(c1)CN(Cc1ccc3c(c1)C(=O)N(C1CCC(=O)NC1=O)C3=O)CCO2. The zero-order valence-corrected chi connectivity index (χ0v) is 17.3. The van der Waals surface area contributed by atoms with Crippen molar-refractivity contribution < 1.29 is 23.9 Å². The van der Waals surface area contributed by atoms with Gasteiger partial charge in [-0.15, -0.1) is 0 Å². The van der Waals surface area contributed by atoms with E-state index in [0.29, 0.717) is 31.9 Å². The molecule has 0 saturated carbocycles. The van der Waals surface area contributed by atoms with Crippen molar-refractivity contribution in [2.45, 2.75) is 32.0 Å². The van der Waals surface area contributed by atoms with Gasteiger partial charge in [0.25, 0.3) is 11.8 Å². The maximum Gasteiger partial charge on any atom is 0.262 e. The molecule has 1 unspecified atom stereocenters. The van der Waals surface area contributed by atoms with E-state index in [9.17, 15) is 19.2 Å². The number of imide groups is 2. The summed E-state index contributed by atoms with van der Waals surface area (Å²) in [6.07, 6.45) is 0.234. The number of nitrogens with one attached hydrogen (secondary N) is 1. The minimum Gasteiger partial charge on any atom is -0.492 e. The quantitative estimate of drug-likeness (QED) is 0.547. The van der Waals surface area contributed by atoms with Crippen molar-refractivity contribution in [3.8, 4) is 5.75 Å². The Balaban J connectivity index is 1.36. The number of anilines is 1. The van der Waals surface area contributed by atoms with E-state index in [2.05, 4.69) is 10.2 Å². The lowest BCUT2D eigenvalue weighted by Crippen LogP contribution is -2.54. The molecule has 9 heteroatoms. The topological polar surface area (TPSA) is 122 Å². The van der Waals surface area contributed by atoms with Crippen LogP contribution in [0, 0.1) is 0 Å². The molecule has 164 valence electrons. The van der Waals surface area contributed by atoms with Gasteiger partial charge in [-0.1, -0.05) is 6.07 Å². The van der Waals surface area contributed by atoms with E-state index in [-0.39, 0.29) is 24.0 Å². The highest BCUT2D eigenvalue weighted by atomic mass is 16.5. The van der Waals surface area contributed by atoms with Gasteiger partial charge in [0.2, 0.25) is 11.8 Å². The summed E-state index contributed by atoms with van der Waals surface area (Å²) < 4.78 is 5.81. The Morgan fingerprint density at radius 3 is 2.66 bits per heavy atom. The molecule has 0 aliphatic carbocycles. The van der Waals surface area contributed by atoms with Crippen LogP contribution in [0.1, 0.15) is 44.7 Å². The minimum absolute atomic E-state index is 0.0953. The average Bonchev–Trinajstić information content (AvgIpc) is 2.89. The Bertz CT molecular complexity index is 1160. The van der Waals surface area contributed by atoms with Crippen molar-refractivity contribution in [3.05, 3.63) is 58.7 Å². The molecular formula is C23H22N4O5. The molecule has 32 heavy (non-hydrogen) atoms. The Morgan fingerprint density at radius 1 is 1.03 bits per heavy atom. The summed E-state index contributed by atoms with van der Waals surface area (Å²) in [4.78, 5) is 52.7. The molecule has 2 aromatic carbocycles. The van der Waals surface area contributed by atoms with Crippen molar-refractivity contribution in [2.75, 3.05) is 18.9 Å². The summed E-state index contributed by atoms with van der Waals surface area (Å²) in [5.74, 6) is -1.19. The van der Waals surface area contributed by atoms with Crippen LogP contribution < -0.4 is 15.8 Å². The lowest BCUT2D eigenvalue weighted by Gasteiger charge is -2.27. The van der Waals surface area contributed by atoms with Gasteiger partial charge in [-0.2, -0.15) is 0 Å². The summed E-state index contributed by atoms with van der Waals surface area (Å²) in [6.45, 7) is 2.43. The van der Waals surface area contributed by atoms with Crippen molar-refractivity contribution >= 4 is 29.3 Å². The fraction of sp³-hybridized carbons (Fsp3) is 0.304. The van der Waals surface area contributed by atoms with Crippen LogP contribution in [0.25, 0.3) is 0 Å². The van der Waals surface area contributed by atoms with Crippen molar-refractivity contribution in [1.29, 1.82) is 0 Å². The summed E-state index contributed by atoms with van der Waals surface area (Å²) in [7, 11) is 0. The lowest BCUT2D eigenvalue weighted by molar-refractivity contribution is -0.136. The van der Waals surface area contributed by atoms with E-state index in [1.165, 1.54) is 0 Å². The summed E-state index contributed by atoms with van der Waals surface area (Å²) in [6, 6.07) is 9.79. The van der Waals surface area contributed by atoms with Gasteiger partial charge in [-0.05, 0) is 42.3 Å². The number of carbonyl (C=O) groups is 4. The molecule has 1 saturated heterocycles. The molecule has 0 aromatic heterocycles. The predicted molar refractivity (Wildman–Crippen MR) is 114 cm³/mol. The van der Waals surface area contributed by atoms with E-state index in [1.807, 2.05) is 24.3 Å². The number of ether oxygens (including phenoxy) is 1. The maximum atomic E-state index is 13.0. The molecule has 3 aliphatic rings. The van der Waals surface area contributed by atoms with Gasteiger partial charge in [-0.25, -0.2) is 0 Å². The summed E-state index contributed by atoms with van der Waals surface area (Å²) in [5, 5.41) is 2.21. The van der Waals surface area contributed by atoms with Crippen LogP contribution in [0.4, 0.5) is 5.69 Å². The Labute approximate surface area is 184 Å². The van der Waals surface area contributed by atoms with Gasteiger partial charge in [0.15, 0.2) is 0 Å². The molecule has 3 aliphatic heterocycles. The summed E-state index contributed by atoms with van der Waals surface area (Å²) >= 11 is 0. The first kappa shape index (κ1) is 20.2. The van der Waals surface area contributed by atoms with E-state index < -0.39 is 29.7 Å². The average molecular weight is 434 g/mol. The van der Waals surface area contributed by atoms with E-state index in [4.69, 9.17) is 10.5 Å². The fourth-order valence-electron chi connectivity index (χ4n) is 4.48. The number of carbonyl (C=O) groups excluding carboxylic acids is 4. The monoisotopic (exact) mass is 434 g/mol. The second kappa shape index (κ2) is 7.76. The molecule has 9 nitrogen and oxygen atoms in total. The Kier molecular flexibility index (Phi) is 4.90. The first-order valence-corrected chi connectivity index (χ1v) is 10.5. The molecular weight excluding hydrogens is 412 g/mol. The van der Waals surface area contributed by atoms with Gasteiger partial charge >= 0.3 is 0 Å². The number of nitrogen functional groups attached to an aromatic ring is 1. The number of amides is 4. The third-order valence-corrected chi connectivity index (χ3v) is 6.05. The molecule has 5 rings (SSSR count). The number of nitrogens with zero attached hydrogens (tertiary/aromatic N) is 2. The third kappa shape index (κ3) is 3.50. The molecule has 0 radical (unpaired) electrons. The minimum atomic E-state index is -0.965. The molecule has 1 atom stereocenters. The number of nitrogens with two attached hydrogens (primary N) is 1. The number of hydrogen-bond donors (Lipinski definition) is 2. The number of hydrogen-bond acceptors (Lipinski definition) is 7. The molecule has 4 amide bonds. The Hall–Kier alpha value is -3.72. The van der Waals surface area contributed by atoms with Crippen molar-refractivity contribution in [3.63, 3.8) is 0 Å². The predicted octanol–water partition coefficient (Wildman–Crippen LogP) is 1.06. The van der Waals surface area contributed by atoms with Crippen LogP contribution in [-0.4, -0.2) is 52.6 Å². The molecule has 1 fully saturated rings. The van der Waals surface area contributed by atoms with E-state index >= 15 is 0 Å². The van der Waals surface area contributed by atoms with Crippen molar-refractivity contribution in [2.24, 2.45) is 0 Å². The molecule has 2 aromatic rings. The van der Waals surface area contributed by atoms with Crippen LogP contribution in [-0.2, 0) is 22.7 Å². The highest BCUT2D eigenvalue weighted by Crippen LogP contribution is 2.30. The first-order chi connectivity index (χ1) is 15.4. The number of fused-ring (bicyclic) bond motifs is 2. The van der Waals surface area contributed by atoms with Crippen LogP contribution in [0.2, 0.25) is 0 Å². The largest absolute Gasteiger partial charge is 0.492 e. The van der Waals surface area contributed by atoms with Crippen molar-refractivity contribution in [1.82, 2.24) is 15.1 Å². The van der Waals surface area contributed by atoms with Crippen LogP contribution in [0.15, 0.2) is 36.4 Å². The molecule has 3 N–H and O–H groups in total. The van der Waals surface area contributed by atoms with Crippen LogP contribution in [0.5, 0.6) is 5.75 Å². The normalized spacial score (nSPS) is 21.0. The molecule has 0 spiro atoms. The highest BCUT2D eigenvalue weighted by Gasteiger charge is 2.44. The Morgan fingerprint density at radius 2 is 1.84 bits per heavy atom. The fourth-order valence-corrected chi connectivity index (χ4v) is 4.48. The van der Waals surface area contributed by atoms with Gasteiger partial charge in [0.1, 0.15) is 18.4 Å². The molecule has 0 bridgehead atoms. The first-order valence-electron chi connectivity index (χ1n) is 10.5. The summed E-state index contributed by atoms with van der Waals surface area (Å²) in [5.41, 5.74) is 9.03. The van der Waals surface area contributed by atoms with Crippen LogP contribution in [0.3, 0.4) is 0 Å². The standard InChI is InChI=1S/C23H22N4O5/c24-15-2-5-19-14(10-15)12-26(7-8-32-19)11-13-1-3-16-17(9-13)23(31)27(22(16)30)18-4-6-20(28)25-21(18)29/h1-3,5,9-10,18H,4,6-8,11-12,24H2,(H,25,28,29). The van der Waals surface area contributed by atoms with Gasteiger partial charge in [0, 0.05) is 37.3 Å². The van der Waals surface area contributed by atoms with E-state index in [0.717, 1.165) is 21.8 Å². The third-order valence-electron chi connectivity index (χ3n) is 6.05. The second-order valence-electron chi connectivity index (χ2n) is 8.25. The van der Waals surface area contributed by atoms with Gasteiger partial charge < -0.3 is 10.5 Å². The zero-order chi connectivity index (χ0) is 22.4. The lowest BCUT2D eigenvalue weighted by atomic mass is 10.0. The smallest absolute Gasteiger partial charge is 0.262 e.